The zero-order valence-corrected chi connectivity index (χ0v) is 17.9. The predicted molar refractivity (Wildman–Crippen MR) is 120 cm³/mol. The van der Waals surface area contributed by atoms with Gasteiger partial charge in [0.15, 0.2) is 0 Å². The van der Waals surface area contributed by atoms with Crippen LogP contribution in [-0.4, -0.2) is 23.0 Å². The van der Waals surface area contributed by atoms with Crippen LogP contribution in [-0.2, 0) is 0 Å². The summed E-state index contributed by atoms with van der Waals surface area (Å²) in [5.41, 5.74) is 5.84. The number of H-pyrrole nitrogens is 1. The number of aromatic amines is 1. The average molecular weight is 450 g/mol. The SMILES string of the molecule is COc1c(C)cc(Br)cc1C(=O)Nc1cc(-c2nc3ccccc3[nH]2)ccc1C. The summed E-state index contributed by atoms with van der Waals surface area (Å²) in [6, 6.07) is 17.5. The van der Waals surface area contributed by atoms with Crippen molar-refractivity contribution in [2.24, 2.45) is 0 Å². The van der Waals surface area contributed by atoms with Gasteiger partial charge in [-0.25, -0.2) is 4.98 Å². The summed E-state index contributed by atoms with van der Waals surface area (Å²) in [5, 5.41) is 3.02. The van der Waals surface area contributed by atoms with Gasteiger partial charge < -0.3 is 15.0 Å². The highest BCUT2D eigenvalue weighted by molar-refractivity contribution is 9.10. The fourth-order valence-electron chi connectivity index (χ4n) is 3.35. The second kappa shape index (κ2) is 7.72. The summed E-state index contributed by atoms with van der Waals surface area (Å²) in [4.78, 5) is 21.0. The number of ether oxygens (including phenoxy) is 1. The molecule has 146 valence electrons. The number of halogens is 1. The van der Waals surface area contributed by atoms with Crippen molar-refractivity contribution in [3.8, 4) is 17.1 Å². The number of amides is 1. The van der Waals surface area contributed by atoms with Gasteiger partial charge >= 0.3 is 0 Å². The van der Waals surface area contributed by atoms with Crippen molar-refractivity contribution in [1.82, 2.24) is 9.97 Å². The number of methoxy groups -OCH3 is 1. The third kappa shape index (κ3) is 3.76. The third-order valence-corrected chi connectivity index (χ3v) is 5.29. The highest BCUT2D eigenvalue weighted by atomic mass is 79.9. The van der Waals surface area contributed by atoms with Crippen molar-refractivity contribution in [2.75, 3.05) is 12.4 Å². The Labute approximate surface area is 177 Å². The molecule has 1 heterocycles. The molecule has 0 atom stereocenters. The largest absolute Gasteiger partial charge is 0.496 e. The molecule has 0 fully saturated rings. The number of para-hydroxylation sites is 2. The molecule has 3 aromatic carbocycles. The third-order valence-electron chi connectivity index (χ3n) is 4.84. The number of imidazole rings is 1. The number of aryl methyl sites for hydroxylation is 2. The van der Waals surface area contributed by atoms with E-state index in [1.165, 1.54) is 0 Å². The number of benzene rings is 3. The van der Waals surface area contributed by atoms with E-state index in [9.17, 15) is 4.79 Å². The highest BCUT2D eigenvalue weighted by Crippen LogP contribution is 2.30. The van der Waals surface area contributed by atoms with E-state index in [2.05, 4.69) is 31.2 Å². The Balaban J connectivity index is 1.69. The van der Waals surface area contributed by atoms with E-state index in [-0.39, 0.29) is 5.91 Å². The van der Waals surface area contributed by atoms with Crippen LogP contribution in [0, 0.1) is 13.8 Å². The van der Waals surface area contributed by atoms with Crippen LogP contribution in [0.1, 0.15) is 21.5 Å². The summed E-state index contributed by atoms with van der Waals surface area (Å²) in [7, 11) is 1.57. The van der Waals surface area contributed by atoms with Gasteiger partial charge in [0.2, 0.25) is 0 Å². The number of anilines is 1. The monoisotopic (exact) mass is 449 g/mol. The zero-order valence-electron chi connectivity index (χ0n) is 16.3. The summed E-state index contributed by atoms with van der Waals surface area (Å²) < 4.78 is 6.28. The molecule has 29 heavy (non-hydrogen) atoms. The summed E-state index contributed by atoms with van der Waals surface area (Å²) in [6.45, 7) is 3.87. The molecule has 4 aromatic rings. The Morgan fingerprint density at radius 2 is 1.86 bits per heavy atom. The lowest BCUT2D eigenvalue weighted by molar-refractivity contribution is 0.102. The molecule has 1 amide bonds. The first-order valence-electron chi connectivity index (χ1n) is 9.17. The van der Waals surface area contributed by atoms with Gasteiger partial charge in [0.1, 0.15) is 11.6 Å². The molecule has 6 heteroatoms. The van der Waals surface area contributed by atoms with Crippen LogP contribution in [0.5, 0.6) is 5.75 Å². The van der Waals surface area contributed by atoms with Crippen molar-refractivity contribution in [3.05, 3.63) is 75.8 Å². The van der Waals surface area contributed by atoms with E-state index in [0.717, 1.165) is 43.7 Å². The number of carbonyl (C=O) groups is 1. The lowest BCUT2D eigenvalue weighted by Crippen LogP contribution is -2.14. The smallest absolute Gasteiger partial charge is 0.259 e. The first-order valence-corrected chi connectivity index (χ1v) is 9.97. The minimum Gasteiger partial charge on any atom is -0.496 e. The number of hydrogen-bond donors (Lipinski definition) is 2. The minimum atomic E-state index is -0.226. The Morgan fingerprint density at radius 3 is 2.62 bits per heavy atom. The number of carbonyl (C=O) groups excluding carboxylic acids is 1. The van der Waals surface area contributed by atoms with Crippen molar-refractivity contribution in [2.45, 2.75) is 13.8 Å². The first-order chi connectivity index (χ1) is 14.0. The van der Waals surface area contributed by atoms with E-state index in [1.54, 1.807) is 13.2 Å². The molecule has 4 rings (SSSR count). The predicted octanol–water partition coefficient (Wildman–Crippen LogP) is 5.87. The Kier molecular flexibility index (Phi) is 5.11. The average Bonchev–Trinajstić information content (AvgIpc) is 3.13. The minimum absolute atomic E-state index is 0.226. The molecule has 0 unspecified atom stereocenters. The van der Waals surface area contributed by atoms with Gasteiger partial charge in [0.05, 0.1) is 23.7 Å². The molecule has 2 N–H and O–H groups in total. The number of nitrogens with zero attached hydrogens (tertiary/aromatic N) is 1. The summed E-state index contributed by atoms with van der Waals surface area (Å²) >= 11 is 3.46. The number of nitrogens with one attached hydrogen (secondary N) is 2. The van der Waals surface area contributed by atoms with Crippen LogP contribution >= 0.6 is 15.9 Å². The van der Waals surface area contributed by atoms with Crippen LogP contribution < -0.4 is 10.1 Å². The molecule has 0 saturated heterocycles. The lowest BCUT2D eigenvalue weighted by atomic mass is 10.1. The van der Waals surface area contributed by atoms with E-state index in [4.69, 9.17) is 4.74 Å². The summed E-state index contributed by atoms with van der Waals surface area (Å²) in [5.74, 6) is 1.10. The van der Waals surface area contributed by atoms with Gasteiger partial charge in [-0.2, -0.15) is 0 Å². The molecule has 0 bridgehead atoms. The number of fused-ring (bicyclic) bond motifs is 1. The molecule has 0 radical (unpaired) electrons. The van der Waals surface area contributed by atoms with Gasteiger partial charge in [-0.1, -0.05) is 40.2 Å². The molecular formula is C23H20BrN3O2. The normalized spacial score (nSPS) is 10.9. The topological polar surface area (TPSA) is 67.0 Å². The molecular weight excluding hydrogens is 430 g/mol. The van der Waals surface area contributed by atoms with E-state index in [0.29, 0.717) is 11.3 Å². The molecule has 0 aliphatic carbocycles. The molecule has 0 saturated carbocycles. The van der Waals surface area contributed by atoms with Crippen LogP contribution in [0.25, 0.3) is 22.4 Å². The van der Waals surface area contributed by atoms with Gasteiger partial charge in [0.25, 0.3) is 5.91 Å². The van der Waals surface area contributed by atoms with Gasteiger partial charge in [0, 0.05) is 15.7 Å². The van der Waals surface area contributed by atoms with Gasteiger partial charge in [-0.05, 0) is 55.3 Å². The second-order valence-electron chi connectivity index (χ2n) is 6.89. The van der Waals surface area contributed by atoms with Crippen LogP contribution in [0.15, 0.2) is 59.1 Å². The second-order valence-corrected chi connectivity index (χ2v) is 7.81. The van der Waals surface area contributed by atoms with Crippen molar-refractivity contribution >= 4 is 38.6 Å². The number of hydrogen-bond acceptors (Lipinski definition) is 3. The molecule has 1 aromatic heterocycles. The summed E-state index contributed by atoms with van der Waals surface area (Å²) in [6.07, 6.45) is 0. The van der Waals surface area contributed by atoms with Crippen LogP contribution in [0.2, 0.25) is 0 Å². The van der Waals surface area contributed by atoms with E-state index < -0.39 is 0 Å². The molecule has 0 spiro atoms. The van der Waals surface area contributed by atoms with E-state index >= 15 is 0 Å². The first kappa shape index (κ1) is 19.2. The quantitative estimate of drug-likeness (QED) is 0.409. The maximum atomic E-state index is 13.0. The Hall–Kier alpha value is -3.12. The molecule has 0 aliphatic rings. The Morgan fingerprint density at radius 1 is 1.07 bits per heavy atom. The van der Waals surface area contributed by atoms with Crippen LogP contribution in [0.3, 0.4) is 0 Å². The standard InChI is InChI=1S/C23H20BrN3O2/c1-13-8-9-15(22-25-18-6-4-5-7-19(18)26-22)11-20(13)27-23(28)17-12-16(24)10-14(2)21(17)29-3/h4-12H,1-3H3,(H,25,26)(H,27,28). The highest BCUT2D eigenvalue weighted by Gasteiger charge is 2.17. The zero-order chi connectivity index (χ0) is 20.5. The fourth-order valence-corrected chi connectivity index (χ4v) is 3.92. The van der Waals surface area contributed by atoms with Gasteiger partial charge in [-0.15, -0.1) is 0 Å². The molecule has 0 aliphatic heterocycles. The maximum absolute atomic E-state index is 13.0. The Bertz CT molecular complexity index is 1200. The number of rotatable bonds is 4. The lowest BCUT2D eigenvalue weighted by Gasteiger charge is -2.14. The fraction of sp³-hybridized carbons (Fsp3) is 0.130. The number of aromatic nitrogens is 2. The van der Waals surface area contributed by atoms with Crippen molar-refractivity contribution in [1.29, 1.82) is 0 Å². The van der Waals surface area contributed by atoms with Gasteiger partial charge in [-0.3, -0.25) is 4.79 Å². The van der Waals surface area contributed by atoms with Crippen LogP contribution in [0.4, 0.5) is 5.69 Å². The van der Waals surface area contributed by atoms with E-state index in [1.807, 2.05) is 62.4 Å². The molecule has 5 nitrogen and oxygen atoms in total. The van der Waals surface area contributed by atoms with Crippen molar-refractivity contribution in [3.63, 3.8) is 0 Å². The maximum Gasteiger partial charge on any atom is 0.259 e. The van der Waals surface area contributed by atoms with Crippen molar-refractivity contribution < 1.29 is 9.53 Å².